The summed E-state index contributed by atoms with van der Waals surface area (Å²) in [6.45, 7) is 8.10. The predicted octanol–water partition coefficient (Wildman–Crippen LogP) is 6.37. The van der Waals surface area contributed by atoms with E-state index < -0.39 is 0 Å². The van der Waals surface area contributed by atoms with Gasteiger partial charge >= 0.3 is 6.03 Å². The third-order valence-electron chi connectivity index (χ3n) is 5.61. The molecule has 174 valence electrons. The SMILES string of the molecule is Cc1ccc(NC(=O)NC(C)c2nnc(SCc3ccccc3C)n2-c2ccc(C)cc2)cc1. The summed E-state index contributed by atoms with van der Waals surface area (Å²) in [5.41, 5.74) is 6.53. The first-order chi connectivity index (χ1) is 16.4. The molecule has 1 atom stereocenters. The average molecular weight is 472 g/mol. The summed E-state index contributed by atoms with van der Waals surface area (Å²) >= 11 is 1.64. The van der Waals surface area contributed by atoms with Gasteiger partial charge in [0.25, 0.3) is 0 Å². The van der Waals surface area contributed by atoms with Crippen LogP contribution in [0.2, 0.25) is 0 Å². The van der Waals surface area contributed by atoms with Crippen LogP contribution in [0.15, 0.2) is 78.0 Å². The van der Waals surface area contributed by atoms with E-state index in [1.54, 1.807) is 11.8 Å². The van der Waals surface area contributed by atoms with Crippen molar-refractivity contribution in [2.75, 3.05) is 5.32 Å². The molecule has 2 amide bonds. The second kappa shape index (κ2) is 10.6. The lowest BCUT2D eigenvalue weighted by Crippen LogP contribution is -2.32. The Hall–Kier alpha value is -3.58. The first-order valence-corrected chi connectivity index (χ1v) is 12.2. The summed E-state index contributed by atoms with van der Waals surface area (Å²) in [6, 6.07) is 23.6. The highest BCUT2D eigenvalue weighted by atomic mass is 32.2. The lowest BCUT2D eigenvalue weighted by molar-refractivity contribution is 0.249. The number of carbonyl (C=O) groups is 1. The van der Waals surface area contributed by atoms with Crippen LogP contribution in [0.4, 0.5) is 10.5 Å². The minimum absolute atomic E-state index is 0.288. The zero-order valence-electron chi connectivity index (χ0n) is 19.9. The molecule has 0 aliphatic carbocycles. The monoisotopic (exact) mass is 471 g/mol. The zero-order valence-corrected chi connectivity index (χ0v) is 20.7. The first-order valence-electron chi connectivity index (χ1n) is 11.2. The fourth-order valence-electron chi connectivity index (χ4n) is 3.57. The maximum absolute atomic E-state index is 12.6. The van der Waals surface area contributed by atoms with Crippen molar-refractivity contribution in [3.8, 4) is 5.69 Å². The summed E-state index contributed by atoms with van der Waals surface area (Å²) in [5, 5.41) is 15.6. The molecule has 0 aliphatic rings. The van der Waals surface area contributed by atoms with Crippen molar-refractivity contribution in [2.24, 2.45) is 0 Å². The molecule has 1 aromatic heterocycles. The number of hydrogen-bond acceptors (Lipinski definition) is 4. The zero-order chi connectivity index (χ0) is 24.1. The number of anilines is 1. The molecule has 4 aromatic rings. The second-order valence-electron chi connectivity index (χ2n) is 8.41. The lowest BCUT2D eigenvalue weighted by Gasteiger charge is -2.17. The van der Waals surface area contributed by atoms with Crippen molar-refractivity contribution < 1.29 is 4.79 Å². The van der Waals surface area contributed by atoms with E-state index in [0.717, 1.165) is 27.8 Å². The van der Waals surface area contributed by atoms with Gasteiger partial charge in [-0.1, -0.05) is 71.4 Å². The topological polar surface area (TPSA) is 71.8 Å². The third kappa shape index (κ3) is 5.66. The van der Waals surface area contributed by atoms with Gasteiger partial charge in [-0.25, -0.2) is 4.79 Å². The van der Waals surface area contributed by atoms with E-state index >= 15 is 0 Å². The highest BCUT2D eigenvalue weighted by Gasteiger charge is 2.21. The molecule has 7 heteroatoms. The van der Waals surface area contributed by atoms with E-state index in [1.807, 2.05) is 48.7 Å². The number of urea groups is 1. The molecule has 1 unspecified atom stereocenters. The van der Waals surface area contributed by atoms with Gasteiger partial charge in [-0.2, -0.15) is 0 Å². The van der Waals surface area contributed by atoms with E-state index in [9.17, 15) is 4.79 Å². The Kier molecular flexibility index (Phi) is 7.33. The number of thioether (sulfide) groups is 1. The van der Waals surface area contributed by atoms with Gasteiger partial charge in [0, 0.05) is 17.1 Å². The van der Waals surface area contributed by atoms with Crippen molar-refractivity contribution >= 4 is 23.5 Å². The van der Waals surface area contributed by atoms with Gasteiger partial charge in [0.2, 0.25) is 0 Å². The standard InChI is InChI=1S/C27H29N5OS/c1-18-9-13-23(14-10-18)29-26(33)28-21(4)25-30-31-27(32(25)24-15-11-19(2)12-16-24)34-17-22-8-6-5-7-20(22)3/h5-16,21H,17H2,1-4H3,(H2,28,29,33). The molecule has 0 spiro atoms. The highest BCUT2D eigenvalue weighted by molar-refractivity contribution is 7.98. The highest BCUT2D eigenvalue weighted by Crippen LogP contribution is 2.28. The molecule has 0 saturated carbocycles. The van der Waals surface area contributed by atoms with E-state index in [0.29, 0.717) is 5.82 Å². The van der Waals surface area contributed by atoms with Crippen molar-refractivity contribution in [2.45, 2.75) is 44.6 Å². The fourth-order valence-corrected chi connectivity index (χ4v) is 4.61. The molecule has 1 heterocycles. The Morgan fingerprint density at radius 2 is 1.56 bits per heavy atom. The summed E-state index contributed by atoms with van der Waals surface area (Å²) in [4.78, 5) is 12.6. The summed E-state index contributed by atoms with van der Waals surface area (Å²) < 4.78 is 2.03. The Bertz CT molecular complexity index is 1270. The number of nitrogens with one attached hydrogen (secondary N) is 2. The number of benzene rings is 3. The molecule has 4 rings (SSSR count). The lowest BCUT2D eigenvalue weighted by atomic mass is 10.1. The summed E-state index contributed by atoms with van der Waals surface area (Å²) in [6.07, 6.45) is 0. The van der Waals surface area contributed by atoms with Gasteiger partial charge in [0.15, 0.2) is 11.0 Å². The van der Waals surface area contributed by atoms with Crippen LogP contribution in [-0.4, -0.2) is 20.8 Å². The molecule has 2 N–H and O–H groups in total. The van der Waals surface area contributed by atoms with Crippen LogP contribution in [0.25, 0.3) is 5.69 Å². The minimum atomic E-state index is -0.355. The Labute approximate surface area is 204 Å². The Morgan fingerprint density at radius 3 is 2.24 bits per heavy atom. The molecule has 0 aliphatic heterocycles. The number of hydrogen-bond donors (Lipinski definition) is 2. The Morgan fingerprint density at radius 1 is 0.912 bits per heavy atom. The van der Waals surface area contributed by atoms with Crippen LogP contribution in [-0.2, 0) is 5.75 Å². The van der Waals surface area contributed by atoms with Crippen molar-refractivity contribution in [1.29, 1.82) is 0 Å². The van der Waals surface area contributed by atoms with Gasteiger partial charge in [-0.3, -0.25) is 4.57 Å². The van der Waals surface area contributed by atoms with E-state index in [2.05, 4.69) is 77.1 Å². The van der Waals surface area contributed by atoms with Gasteiger partial charge in [-0.15, -0.1) is 10.2 Å². The van der Waals surface area contributed by atoms with E-state index in [4.69, 9.17) is 0 Å². The van der Waals surface area contributed by atoms with Crippen LogP contribution in [0.1, 0.15) is 41.0 Å². The molecule has 34 heavy (non-hydrogen) atoms. The summed E-state index contributed by atoms with van der Waals surface area (Å²) in [7, 11) is 0. The summed E-state index contributed by atoms with van der Waals surface area (Å²) in [5.74, 6) is 1.46. The number of nitrogens with zero attached hydrogens (tertiary/aromatic N) is 3. The maximum Gasteiger partial charge on any atom is 0.319 e. The molecular weight excluding hydrogens is 442 g/mol. The number of rotatable bonds is 7. The largest absolute Gasteiger partial charge is 0.328 e. The number of carbonyl (C=O) groups excluding carboxylic acids is 1. The molecule has 3 aromatic carbocycles. The van der Waals surface area contributed by atoms with Crippen LogP contribution >= 0.6 is 11.8 Å². The molecule has 0 radical (unpaired) electrons. The smallest absolute Gasteiger partial charge is 0.319 e. The van der Waals surface area contributed by atoms with Crippen LogP contribution < -0.4 is 10.6 Å². The molecule has 0 fully saturated rings. The van der Waals surface area contributed by atoms with E-state index in [1.165, 1.54) is 16.7 Å². The van der Waals surface area contributed by atoms with E-state index in [-0.39, 0.29) is 12.1 Å². The van der Waals surface area contributed by atoms with Crippen molar-refractivity contribution in [3.05, 3.63) is 101 Å². The number of aryl methyl sites for hydroxylation is 3. The first kappa shape index (κ1) is 23.6. The number of amides is 2. The van der Waals surface area contributed by atoms with Crippen molar-refractivity contribution in [3.63, 3.8) is 0 Å². The average Bonchev–Trinajstić information content (AvgIpc) is 3.24. The van der Waals surface area contributed by atoms with Gasteiger partial charge in [0.1, 0.15) is 0 Å². The van der Waals surface area contributed by atoms with Crippen LogP contribution in [0.3, 0.4) is 0 Å². The molecular formula is C27H29N5OS. The fraction of sp³-hybridized carbons (Fsp3) is 0.222. The quantitative estimate of drug-likeness (QED) is 0.307. The molecule has 0 bridgehead atoms. The number of aromatic nitrogens is 3. The van der Waals surface area contributed by atoms with Crippen LogP contribution in [0.5, 0.6) is 0 Å². The Balaban J connectivity index is 1.57. The van der Waals surface area contributed by atoms with Gasteiger partial charge in [0.05, 0.1) is 6.04 Å². The van der Waals surface area contributed by atoms with Gasteiger partial charge < -0.3 is 10.6 Å². The second-order valence-corrected chi connectivity index (χ2v) is 9.36. The predicted molar refractivity (Wildman–Crippen MR) is 139 cm³/mol. The molecule has 0 saturated heterocycles. The minimum Gasteiger partial charge on any atom is -0.328 e. The molecule has 6 nitrogen and oxygen atoms in total. The van der Waals surface area contributed by atoms with Crippen LogP contribution in [0, 0.1) is 20.8 Å². The third-order valence-corrected chi connectivity index (χ3v) is 6.59. The normalized spacial score (nSPS) is 11.8. The maximum atomic E-state index is 12.6. The van der Waals surface area contributed by atoms with Gasteiger partial charge in [-0.05, 0) is 63.1 Å². The van der Waals surface area contributed by atoms with Crippen molar-refractivity contribution in [1.82, 2.24) is 20.1 Å².